The van der Waals surface area contributed by atoms with E-state index in [0.29, 0.717) is 42.2 Å². The van der Waals surface area contributed by atoms with E-state index in [1.165, 1.54) is 0 Å². The lowest BCUT2D eigenvalue weighted by atomic mass is 9.98. The second-order valence-corrected chi connectivity index (χ2v) is 9.55. The highest BCUT2D eigenvalue weighted by Crippen LogP contribution is 2.35. The Morgan fingerprint density at radius 3 is 2.51 bits per heavy atom. The summed E-state index contributed by atoms with van der Waals surface area (Å²) in [7, 11) is 2.02. The van der Waals surface area contributed by atoms with Crippen molar-refractivity contribution in [1.82, 2.24) is 19.8 Å². The molecule has 37 heavy (non-hydrogen) atoms. The van der Waals surface area contributed by atoms with E-state index in [0.717, 1.165) is 5.56 Å². The van der Waals surface area contributed by atoms with Gasteiger partial charge in [0.05, 0.1) is 23.9 Å². The molecule has 0 spiro atoms. The molecule has 3 aromatic rings. The van der Waals surface area contributed by atoms with E-state index in [1.54, 1.807) is 60.0 Å². The number of fused-ring (bicyclic) bond motifs is 1. The lowest BCUT2D eigenvalue weighted by Gasteiger charge is -2.38. The molecule has 3 heterocycles. The van der Waals surface area contributed by atoms with Crippen molar-refractivity contribution >= 4 is 17.5 Å². The summed E-state index contributed by atoms with van der Waals surface area (Å²) in [5, 5.41) is 12.8. The number of carbonyl (C=O) groups is 2. The van der Waals surface area contributed by atoms with Crippen LogP contribution in [0.2, 0.25) is 0 Å². The van der Waals surface area contributed by atoms with E-state index < -0.39 is 0 Å². The van der Waals surface area contributed by atoms with Crippen LogP contribution in [0.15, 0.2) is 67.3 Å². The van der Waals surface area contributed by atoms with Crippen molar-refractivity contribution in [3.63, 3.8) is 0 Å². The van der Waals surface area contributed by atoms with Crippen LogP contribution in [0.5, 0.6) is 5.75 Å². The van der Waals surface area contributed by atoms with Crippen LogP contribution in [-0.4, -0.2) is 75.6 Å². The highest BCUT2D eigenvalue weighted by molar-refractivity contribution is 6.07. The molecule has 0 aliphatic carbocycles. The van der Waals surface area contributed by atoms with Gasteiger partial charge in [0.2, 0.25) is 0 Å². The summed E-state index contributed by atoms with van der Waals surface area (Å²) in [5.74, 6) is -0.283. The van der Waals surface area contributed by atoms with Crippen molar-refractivity contribution in [2.45, 2.75) is 32.5 Å². The van der Waals surface area contributed by atoms with Crippen molar-refractivity contribution in [3.05, 3.63) is 83.9 Å². The minimum Gasteiger partial charge on any atom is -0.486 e. The summed E-state index contributed by atoms with van der Waals surface area (Å²) >= 11 is 0. The molecule has 0 unspecified atom stereocenters. The molecule has 1 aliphatic rings. The summed E-state index contributed by atoms with van der Waals surface area (Å²) in [6.45, 7) is 5.44. The van der Waals surface area contributed by atoms with Gasteiger partial charge in [-0.2, -0.15) is 0 Å². The molecule has 1 aliphatic heterocycles. The first kappa shape index (κ1) is 26.2. The molecular weight excluding hydrogens is 470 g/mol. The predicted octanol–water partition coefficient (Wildman–Crippen LogP) is 3.08. The number of aliphatic hydroxyl groups is 1. The zero-order valence-corrected chi connectivity index (χ0v) is 21.4. The average molecular weight is 504 g/mol. The van der Waals surface area contributed by atoms with Crippen LogP contribution in [0.25, 0.3) is 0 Å². The second kappa shape index (κ2) is 11.9. The number of nitrogens with one attached hydrogen (secondary N) is 1. The molecule has 2 aromatic heterocycles. The van der Waals surface area contributed by atoms with Crippen molar-refractivity contribution in [1.29, 1.82) is 0 Å². The van der Waals surface area contributed by atoms with Gasteiger partial charge in [0.25, 0.3) is 11.8 Å². The third-order valence-electron chi connectivity index (χ3n) is 6.58. The number of pyridine rings is 2. The first-order valence-electron chi connectivity index (χ1n) is 12.4. The first-order valence-corrected chi connectivity index (χ1v) is 12.4. The third kappa shape index (κ3) is 6.31. The van der Waals surface area contributed by atoms with Crippen LogP contribution in [0.1, 0.15) is 40.1 Å². The predicted molar refractivity (Wildman–Crippen MR) is 140 cm³/mol. The smallest absolute Gasteiger partial charge is 0.258 e. The monoisotopic (exact) mass is 503 g/mol. The molecule has 0 bridgehead atoms. The summed E-state index contributed by atoms with van der Waals surface area (Å²) < 4.78 is 6.57. The maximum Gasteiger partial charge on any atom is 0.258 e. The summed E-state index contributed by atoms with van der Waals surface area (Å²) in [6.07, 6.45) is 6.35. The molecule has 194 valence electrons. The zero-order valence-electron chi connectivity index (χ0n) is 21.4. The van der Waals surface area contributed by atoms with E-state index in [1.807, 2.05) is 33.0 Å². The Bertz CT molecular complexity index is 1210. The fourth-order valence-electron chi connectivity index (χ4n) is 4.43. The summed E-state index contributed by atoms with van der Waals surface area (Å²) in [4.78, 5) is 38.5. The molecule has 4 rings (SSSR count). The minimum atomic E-state index is -0.369. The Morgan fingerprint density at radius 2 is 1.84 bits per heavy atom. The van der Waals surface area contributed by atoms with E-state index >= 15 is 0 Å². The Morgan fingerprint density at radius 1 is 1.16 bits per heavy atom. The van der Waals surface area contributed by atoms with E-state index in [2.05, 4.69) is 20.2 Å². The van der Waals surface area contributed by atoms with E-state index in [9.17, 15) is 14.7 Å². The lowest BCUT2D eigenvalue weighted by molar-refractivity contribution is 0.0343. The Labute approximate surface area is 217 Å². The average Bonchev–Trinajstić information content (AvgIpc) is 2.91. The van der Waals surface area contributed by atoms with Gasteiger partial charge in [-0.15, -0.1) is 0 Å². The number of anilines is 1. The standard InChI is InChI=1S/C28H33N5O4/c1-19-15-33(20(2)18-34)28(36)23-5-4-6-24(31-27(35)22-9-13-30-14-10-22)26(23)37-25(19)17-32(3)16-21-7-11-29-12-8-21/h4-14,19-20,25,34H,15-18H2,1-3H3,(H,31,35)/t19-,20-,25+/m0/s1. The number of ether oxygens (including phenoxy) is 1. The van der Waals surface area contributed by atoms with Gasteiger partial charge in [-0.25, -0.2) is 0 Å². The van der Waals surface area contributed by atoms with Crippen molar-refractivity contribution in [2.75, 3.05) is 32.1 Å². The maximum atomic E-state index is 13.6. The highest BCUT2D eigenvalue weighted by Gasteiger charge is 2.34. The Kier molecular flexibility index (Phi) is 8.47. The molecule has 0 radical (unpaired) electrons. The van der Waals surface area contributed by atoms with Gasteiger partial charge in [-0.3, -0.25) is 24.5 Å². The first-order chi connectivity index (χ1) is 17.9. The highest BCUT2D eigenvalue weighted by atomic mass is 16.5. The number of benzene rings is 1. The number of aromatic nitrogens is 2. The maximum absolute atomic E-state index is 13.6. The summed E-state index contributed by atoms with van der Waals surface area (Å²) in [5.41, 5.74) is 2.34. The zero-order chi connectivity index (χ0) is 26.4. The lowest BCUT2D eigenvalue weighted by Crippen LogP contribution is -2.49. The number of para-hydroxylation sites is 1. The van der Waals surface area contributed by atoms with Crippen LogP contribution in [0, 0.1) is 5.92 Å². The Balaban J connectivity index is 1.67. The van der Waals surface area contributed by atoms with E-state index in [4.69, 9.17) is 4.74 Å². The molecule has 1 aromatic carbocycles. The van der Waals surface area contributed by atoms with Crippen molar-refractivity contribution < 1.29 is 19.4 Å². The van der Waals surface area contributed by atoms with E-state index in [-0.39, 0.29) is 36.5 Å². The van der Waals surface area contributed by atoms with Crippen molar-refractivity contribution in [3.8, 4) is 5.75 Å². The quantitative estimate of drug-likeness (QED) is 0.486. The van der Waals surface area contributed by atoms with Crippen LogP contribution in [-0.2, 0) is 6.54 Å². The van der Waals surface area contributed by atoms with Crippen molar-refractivity contribution in [2.24, 2.45) is 5.92 Å². The fourth-order valence-corrected chi connectivity index (χ4v) is 4.43. The molecule has 0 saturated carbocycles. The number of hydrogen-bond acceptors (Lipinski definition) is 7. The number of likely N-dealkylation sites (N-methyl/N-ethyl adjacent to an activating group) is 1. The van der Waals surface area contributed by atoms with Gasteiger partial charge >= 0.3 is 0 Å². The number of aliphatic hydroxyl groups excluding tert-OH is 1. The molecule has 0 saturated heterocycles. The number of nitrogens with zero attached hydrogens (tertiary/aromatic N) is 4. The second-order valence-electron chi connectivity index (χ2n) is 9.55. The SMILES string of the molecule is C[C@H]1CN([C@@H](C)CO)C(=O)c2cccc(NC(=O)c3ccncc3)c2O[C@@H]1CN(C)Cc1ccncc1. The van der Waals surface area contributed by atoms with Gasteiger partial charge in [-0.05, 0) is 55.9 Å². The van der Waals surface area contributed by atoms with Gasteiger partial charge in [0, 0.05) is 55.9 Å². The molecular formula is C28H33N5O4. The van der Waals surface area contributed by atoms with Crippen LogP contribution in [0.3, 0.4) is 0 Å². The topological polar surface area (TPSA) is 108 Å². The summed E-state index contributed by atoms with van der Waals surface area (Å²) in [6, 6.07) is 12.0. The van der Waals surface area contributed by atoms with Gasteiger partial charge < -0.3 is 20.1 Å². The largest absolute Gasteiger partial charge is 0.486 e. The van der Waals surface area contributed by atoms with Crippen LogP contribution < -0.4 is 10.1 Å². The fraction of sp³-hybridized carbons (Fsp3) is 0.357. The molecule has 9 heteroatoms. The molecule has 9 nitrogen and oxygen atoms in total. The minimum absolute atomic E-state index is 0.0463. The van der Waals surface area contributed by atoms with Crippen LogP contribution in [0.4, 0.5) is 5.69 Å². The molecule has 3 atom stereocenters. The molecule has 2 amide bonds. The van der Waals surface area contributed by atoms with Gasteiger partial charge in [0.15, 0.2) is 5.75 Å². The number of carbonyl (C=O) groups excluding carboxylic acids is 2. The molecule has 2 N–H and O–H groups in total. The number of hydrogen-bond donors (Lipinski definition) is 2. The molecule has 0 fully saturated rings. The normalized spacial score (nSPS) is 18.4. The number of amides is 2. The number of rotatable bonds is 8. The van der Waals surface area contributed by atoms with Gasteiger partial charge in [-0.1, -0.05) is 13.0 Å². The Hall–Kier alpha value is -3.82. The van der Waals surface area contributed by atoms with Gasteiger partial charge in [0.1, 0.15) is 6.10 Å². The third-order valence-corrected chi connectivity index (χ3v) is 6.58. The van der Waals surface area contributed by atoms with Crippen LogP contribution >= 0.6 is 0 Å².